The van der Waals surface area contributed by atoms with Crippen molar-refractivity contribution in [2.45, 2.75) is 12.2 Å². The van der Waals surface area contributed by atoms with E-state index in [1.54, 1.807) is 6.07 Å². The highest BCUT2D eigenvalue weighted by molar-refractivity contribution is 5.94. The van der Waals surface area contributed by atoms with Gasteiger partial charge in [0.2, 0.25) is 5.95 Å². The first kappa shape index (κ1) is 20.9. The Labute approximate surface area is 181 Å². The molecule has 9 nitrogen and oxygen atoms in total. The van der Waals surface area contributed by atoms with Gasteiger partial charge in [-0.1, -0.05) is 0 Å². The molecule has 0 aliphatic carbocycles. The third-order valence-electron chi connectivity index (χ3n) is 5.46. The number of morpholine rings is 1. The van der Waals surface area contributed by atoms with Gasteiger partial charge in [0, 0.05) is 43.0 Å². The first-order valence-electron chi connectivity index (χ1n) is 10.3. The first-order valence-corrected chi connectivity index (χ1v) is 10.3. The highest BCUT2D eigenvalue weighted by Gasteiger charge is 2.36. The van der Waals surface area contributed by atoms with Crippen molar-refractivity contribution in [3.05, 3.63) is 30.1 Å². The van der Waals surface area contributed by atoms with Crippen LogP contribution in [0.25, 0.3) is 22.3 Å². The SMILES string of the molecule is FC(F)(F)c1cnc(NC2CNCOC2)nc1-c1c[nH]c2nc(N3CCOCC3)ccc12. The van der Waals surface area contributed by atoms with Crippen LogP contribution in [0, 0.1) is 0 Å². The quantitative estimate of drug-likeness (QED) is 0.558. The van der Waals surface area contributed by atoms with Gasteiger partial charge in [-0.05, 0) is 12.1 Å². The number of rotatable bonds is 4. The number of fused-ring (bicyclic) bond motifs is 1. The summed E-state index contributed by atoms with van der Waals surface area (Å²) in [6.07, 6.45) is -2.28. The molecule has 2 saturated heterocycles. The van der Waals surface area contributed by atoms with Crippen molar-refractivity contribution in [1.82, 2.24) is 25.3 Å². The Morgan fingerprint density at radius 1 is 1.12 bits per heavy atom. The van der Waals surface area contributed by atoms with E-state index in [9.17, 15) is 13.2 Å². The van der Waals surface area contributed by atoms with Crippen molar-refractivity contribution in [1.29, 1.82) is 0 Å². The molecular weight excluding hydrogens is 427 g/mol. The Balaban J connectivity index is 1.52. The minimum atomic E-state index is -4.60. The molecule has 1 unspecified atom stereocenters. The second kappa shape index (κ2) is 8.52. The van der Waals surface area contributed by atoms with Crippen LogP contribution in [0.1, 0.15) is 5.56 Å². The number of hydrogen-bond donors (Lipinski definition) is 3. The fourth-order valence-corrected chi connectivity index (χ4v) is 3.86. The average Bonchev–Trinajstić information content (AvgIpc) is 3.23. The lowest BCUT2D eigenvalue weighted by atomic mass is 10.1. The van der Waals surface area contributed by atoms with Crippen LogP contribution < -0.4 is 15.5 Å². The zero-order chi connectivity index (χ0) is 22.1. The van der Waals surface area contributed by atoms with Crippen molar-refractivity contribution < 1.29 is 22.6 Å². The lowest BCUT2D eigenvalue weighted by Crippen LogP contribution is -2.43. The summed E-state index contributed by atoms with van der Waals surface area (Å²) in [6, 6.07) is 3.44. The number of ether oxygens (including phenoxy) is 2. The van der Waals surface area contributed by atoms with Crippen molar-refractivity contribution in [3.63, 3.8) is 0 Å². The highest BCUT2D eigenvalue weighted by Crippen LogP contribution is 2.38. The summed E-state index contributed by atoms with van der Waals surface area (Å²) in [5.41, 5.74) is -0.293. The fraction of sp³-hybridized carbons (Fsp3) is 0.450. The smallest absolute Gasteiger partial charge is 0.378 e. The van der Waals surface area contributed by atoms with Crippen molar-refractivity contribution in [2.24, 2.45) is 0 Å². The van der Waals surface area contributed by atoms with E-state index in [4.69, 9.17) is 9.47 Å². The first-order chi connectivity index (χ1) is 15.5. The number of H-pyrrole nitrogens is 1. The highest BCUT2D eigenvalue weighted by atomic mass is 19.4. The van der Waals surface area contributed by atoms with Crippen molar-refractivity contribution in [2.75, 3.05) is 56.4 Å². The Bertz CT molecular complexity index is 1090. The summed E-state index contributed by atoms with van der Waals surface area (Å²) in [5.74, 6) is 0.859. The molecule has 0 saturated carbocycles. The number of nitrogens with zero attached hydrogens (tertiary/aromatic N) is 4. The van der Waals surface area contributed by atoms with Gasteiger partial charge in [0.15, 0.2) is 0 Å². The van der Waals surface area contributed by atoms with E-state index in [0.29, 0.717) is 62.8 Å². The van der Waals surface area contributed by atoms with Crippen molar-refractivity contribution in [3.8, 4) is 11.3 Å². The predicted molar refractivity (Wildman–Crippen MR) is 111 cm³/mol. The van der Waals surface area contributed by atoms with E-state index in [0.717, 1.165) is 12.0 Å². The molecule has 0 spiro atoms. The Hall–Kier alpha value is -2.96. The van der Waals surface area contributed by atoms with Gasteiger partial charge in [-0.3, -0.25) is 5.32 Å². The third kappa shape index (κ3) is 4.20. The number of alkyl halides is 3. The standard InChI is InChI=1S/C20H22F3N7O2/c21-20(22,23)15-9-26-19(27-12-7-24-11-32-10-12)29-17(15)14-8-25-18-13(14)1-2-16(28-18)30-3-5-31-6-4-30/h1-2,8-9,12,24H,3-7,10-11H2,(H,25,28)(H,26,27,29). The van der Waals surface area contributed by atoms with Crippen LogP contribution in [-0.4, -0.2) is 72.2 Å². The van der Waals surface area contributed by atoms with Gasteiger partial charge in [0.05, 0.1) is 38.3 Å². The lowest BCUT2D eigenvalue weighted by Gasteiger charge is -2.27. The van der Waals surface area contributed by atoms with E-state index in [-0.39, 0.29) is 17.7 Å². The number of anilines is 2. The molecule has 12 heteroatoms. The third-order valence-corrected chi connectivity index (χ3v) is 5.46. The van der Waals surface area contributed by atoms with E-state index >= 15 is 0 Å². The summed E-state index contributed by atoms with van der Waals surface area (Å²) in [5, 5.41) is 6.64. The van der Waals surface area contributed by atoms with Gasteiger partial charge >= 0.3 is 6.18 Å². The number of aromatic nitrogens is 4. The molecule has 2 fully saturated rings. The molecular formula is C20H22F3N7O2. The van der Waals surface area contributed by atoms with Crippen LogP contribution in [0.4, 0.5) is 24.9 Å². The maximum absolute atomic E-state index is 13.8. The summed E-state index contributed by atoms with van der Waals surface area (Å²) in [4.78, 5) is 17.8. The molecule has 1 atom stereocenters. The molecule has 32 heavy (non-hydrogen) atoms. The number of aromatic amines is 1. The Morgan fingerprint density at radius 3 is 2.72 bits per heavy atom. The van der Waals surface area contributed by atoms with Crippen molar-refractivity contribution >= 4 is 22.8 Å². The number of nitrogens with one attached hydrogen (secondary N) is 3. The maximum atomic E-state index is 13.8. The molecule has 2 aliphatic rings. The molecule has 3 N–H and O–H groups in total. The van der Waals surface area contributed by atoms with Crippen LogP contribution in [0.2, 0.25) is 0 Å². The minimum Gasteiger partial charge on any atom is -0.378 e. The summed E-state index contributed by atoms with van der Waals surface area (Å²) in [6.45, 7) is 4.10. The second-order valence-corrected chi connectivity index (χ2v) is 7.63. The van der Waals surface area contributed by atoms with Crippen LogP contribution in [0.3, 0.4) is 0 Å². The van der Waals surface area contributed by atoms with Gasteiger partial charge in [-0.15, -0.1) is 0 Å². The molecule has 5 heterocycles. The molecule has 0 bridgehead atoms. The molecule has 3 aromatic heterocycles. The van der Waals surface area contributed by atoms with E-state index < -0.39 is 11.7 Å². The summed E-state index contributed by atoms with van der Waals surface area (Å²) < 4.78 is 52.0. The molecule has 0 radical (unpaired) electrons. The van der Waals surface area contributed by atoms with Gasteiger partial charge in [-0.25, -0.2) is 15.0 Å². The topological polar surface area (TPSA) is 100 Å². The largest absolute Gasteiger partial charge is 0.419 e. The molecule has 5 rings (SSSR count). The van der Waals surface area contributed by atoms with Crippen LogP contribution in [0.15, 0.2) is 24.5 Å². The van der Waals surface area contributed by atoms with E-state index in [1.807, 2.05) is 6.07 Å². The van der Waals surface area contributed by atoms with E-state index in [1.165, 1.54) is 6.20 Å². The maximum Gasteiger partial charge on any atom is 0.419 e. The molecule has 170 valence electrons. The summed E-state index contributed by atoms with van der Waals surface area (Å²) >= 11 is 0. The number of pyridine rings is 1. The number of halogens is 3. The Kier molecular flexibility index (Phi) is 5.57. The van der Waals surface area contributed by atoms with Crippen LogP contribution in [-0.2, 0) is 15.7 Å². The van der Waals surface area contributed by atoms with Gasteiger partial charge in [0.25, 0.3) is 0 Å². The van der Waals surface area contributed by atoms with Crippen LogP contribution >= 0.6 is 0 Å². The predicted octanol–water partition coefficient (Wildman–Crippen LogP) is 2.23. The fourth-order valence-electron chi connectivity index (χ4n) is 3.86. The second-order valence-electron chi connectivity index (χ2n) is 7.63. The van der Waals surface area contributed by atoms with Gasteiger partial charge < -0.3 is 24.7 Å². The molecule has 3 aromatic rings. The molecule has 0 aromatic carbocycles. The monoisotopic (exact) mass is 449 g/mol. The molecule has 0 amide bonds. The number of hydrogen-bond acceptors (Lipinski definition) is 8. The molecule has 2 aliphatic heterocycles. The minimum absolute atomic E-state index is 0.109. The van der Waals surface area contributed by atoms with Crippen LogP contribution in [0.5, 0.6) is 0 Å². The normalized spacial score (nSPS) is 20.0. The zero-order valence-electron chi connectivity index (χ0n) is 17.1. The van der Waals surface area contributed by atoms with Gasteiger partial charge in [0.1, 0.15) is 17.0 Å². The lowest BCUT2D eigenvalue weighted by molar-refractivity contribution is -0.137. The van der Waals surface area contributed by atoms with E-state index in [2.05, 4.69) is 35.5 Å². The summed E-state index contributed by atoms with van der Waals surface area (Å²) in [7, 11) is 0. The average molecular weight is 449 g/mol. The zero-order valence-corrected chi connectivity index (χ0v) is 17.1. The van der Waals surface area contributed by atoms with Gasteiger partial charge in [-0.2, -0.15) is 13.2 Å². The Morgan fingerprint density at radius 2 is 1.97 bits per heavy atom.